The molecule has 0 bridgehead atoms. The summed E-state index contributed by atoms with van der Waals surface area (Å²) in [7, 11) is 0. The number of epoxide rings is 1. The number of rotatable bonds is 5. The van der Waals surface area contributed by atoms with E-state index in [0.29, 0.717) is 5.44 Å². The molecule has 0 saturated carbocycles. The minimum absolute atomic E-state index is 0.230. The molecule has 0 spiro atoms. The van der Waals surface area contributed by atoms with Crippen molar-refractivity contribution in [1.29, 1.82) is 0 Å². The molecule has 2 aromatic rings. The van der Waals surface area contributed by atoms with E-state index in [1.807, 2.05) is 11.8 Å². The minimum Gasteiger partial charge on any atom is -0.368 e. The molecule has 0 aliphatic carbocycles. The van der Waals surface area contributed by atoms with E-state index in [-0.39, 0.29) is 5.60 Å². The molecule has 0 aromatic heterocycles. The number of thioether (sulfide) groups is 1. The van der Waals surface area contributed by atoms with Crippen LogP contribution in [0.15, 0.2) is 54.6 Å². The minimum atomic E-state index is -0.230. The summed E-state index contributed by atoms with van der Waals surface area (Å²) in [5.41, 5.74) is 4.06. The zero-order chi connectivity index (χ0) is 15.5. The lowest BCUT2D eigenvalue weighted by Crippen LogP contribution is -2.17. The second-order valence-corrected chi connectivity index (χ2v) is 7.39. The molecule has 2 aromatic carbocycles. The molecule has 23 heavy (non-hydrogen) atoms. The number of ether oxygens (including phenoxy) is 2. The van der Waals surface area contributed by atoms with Crippen molar-refractivity contribution >= 4 is 11.8 Å². The van der Waals surface area contributed by atoms with Crippen LogP contribution in [0.25, 0.3) is 0 Å². The van der Waals surface area contributed by atoms with Crippen LogP contribution in [-0.4, -0.2) is 18.6 Å². The molecule has 120 valence electrons. The molecule has 0 radical (unpaired) electrons. The van der Waals surface area contributed by atoms with Crippen molar-refractivity contribution < 1.29 is 9.47 Å². The van der Waals surface area contributed by atoms with Crippen LogP contribution < -0.4 is 0 Å². The molecule has 2 aliphatic rings. The standard InChI is InChI=1S/C20H22O2S/c1-2-9-17(10-3-1)20(15-22-20)18-11-5-4-8-16(18)14-23-19-12-6-7-13-21-19/h1-5,8-11,19H,6-7,12-15H2. The lowest BCUT2D eigenvalue weighted by Gasteiger charge is -2.23. The van der Waals surface area contributed by atoms with E-state index in [2.05, 4.69) is 54.6 Å². The molecule has 2 atom stereocenters. The highest BCUT2D eigenvalue weighted by atomic mass is 32.2. The number of hydrogen-bond acceptors (Lipinski definition) is 3. The number of benzene rings is 2. The van der Waals surface area contributed by atoms with Gasteiger partial charge in [0.05, 0.1) is 6.61 Å². The zero-order valence-corrected chi connectivity index (χ0v) is 14.1. The van der Waals surface area contributed by atoms with E-state index in [0.717, 1.165) is 19.0 Å². The van der Waals surface area contributed by atoms with Crippen LogP contribution in [0.3, 0.4) is 0 Å². The van der Waals surface area contributed by atoms with E-state index in [1.54, 1.807) is 0 Å². The average Bonchev–Trinajstić information content (AvgIpc) is 3.44. The van der Waals surface area contributed by atoms with Gasteiger partial charge in [0.1, 0.15) is 11.0 Å². The highest BCUT2D eigenvalue weighted by Gasteiger charge is 2.49. The fraction of sp³-hybridized carbons (Fsp3) is 0.400. The summed E-state index contributed by atoms with van der Waals surface area (Å²) in [6.07, 6.45) is 3.67. The Kier molecular flexibility index (Phi) is 4.43. The molecule has 2 aliphatic heterocycles. The topological polar surface area (TPSA) is 21.8 Å². The Bertz CT molecular complexity index is 646. The summed E-state index contributed by atoms with van der Waals surface area (Å²) < 4.78 is 11.8. The van der Waals surface area contributed by atoms with Gasteiger partial charge in [0.15, 0.2) is 0 Å². The van der Waals surface area contributed by atoms with Gasteiger partial charge < -0.3 is 9.47 Å². The van der Waals surface area contributed by atoms with E-state index in [9.17, 15) is 0 Å². The van der Waals surface area contributed by atoms with E-state index in [4.69, 9.17) is 9.47 Å². The Morgan fingerprint density at radius 1 is 1.00 bits per heavy atom. The third-order valence-electron chi connectivity index (χ3n) is 4.69. The summed E-state index contributed by atoms with van der Waals surface area (Å²) in [6, 6.07) is 19.3. The van der Waals surface area contributed by atoms with E-state index >= 15 is 0 Å². The predicted molar refractivity (Wildman–Crippen MR) is 94.5 cm³/mol. The molecular weight excluding hydrogens is 304 g/mol. The normalized spacial score (nSPS) is 26.9. The van der Waals surface area contributed by atoms with Crippen molar-refractivity contribution in [3.8, 4) is 0 Å². The van der Waals surface area contributed by atoms with Gasteiger partial charge in [-0.3, -0.25) is 0 Å². The molecule has 2 unspecified atom stereocenters. The van der Waals surface area contributed by atoms with Crippen molar-refractivity contribution in [2.45, 2.75) is 36.1 Å². The van der Waals surface area contributed by atoms with Crippen molar-refractivity contribution in [2.75, 3.05) is 13.2 Å². The smallest absolute Gasteiger partial charge is 0.142 e. The summed E-state index contributed by atoms with van der Waals surface area (Å²) in [5, 5.41) is 0. The molecule has 2 fully saturated rings. The second kappa shape index (κ2) is 6.68. The van der Waals surface area contributed by atoms with Gasteiger partial charge in [-0.15, -0.1) is 11.8 Å². The van der Waals surface area contributed by atoms with Crippen LogP contribution in [0.1, 0.15) is 36.0 Å². The predicted octanol–water partition coefficient (Wildman–Crippen LogP) is 4.72. The van der Waals surface area contributed by atoms with Gasteiger partial charge in [0.25, 0.3) is 0 Å². The third-order valence-corrected chi connectivity index (χ3v) is 5.91. The maximum absolute atomic E-state index is 5.96. The highest BCUT2D eigenvalue weighted by molar-refractivity contribution is 7.99. The first-order chi connectivity index (χ1) is 11.4. The Morgan fingerprint density at radius 3 is 2.52 bits per heavy atom. The van der Waals surface area contributed by atoms with Gasteiger partial charge in [0.2, 0.25) is 0 Å². The number of hydrogen-bond donors (Lipinski definition) is 0. The molecule has 2 saturated heterocycles. The van der Waals surface area contributed by atoms with Crippen molar-refractivity contribution in [1.82, 2.24) is 0 Å². The van der Waals surface area contributed by atoms with Crippen LogP contribution in [0.4, 0.5) is 0 Å². The van der Waals surface area contributed by atoms with Gasteiger partial charge in [0, 0.05) is 12.4 Å². The van der Waals surface area contributed by atoms with Crippen LogP contribution in [0.2, 0.25) is 0 Å². The monoisotopic (exact) mass is 326 g/mol. The first-order valence-electron chi connectivity index (χ1n) is 8.39. The van der Waals surface area contributed by atoms with E-state index in [1.165, 1.54) is 36.0 Å². The third kappa shape index (κ3) is 3.18. The van der Waals surface area contributed by atoms with E-state index < -0.39 is 0 Å². The summed E-state index contributed by atoms with van der Waals surface area (Å²) in [4.78, 5) is 0. The van der Waals surface area contributed by atoms with Gasteiger partial charge in [-0.2, -0.15) is 0 Å². The lowest BCUT2D eigenvalue weighted by atomic mass is 9.89. The van der Waals surface area contributed by atoms with Crippen LogP contribution in [-0.2, 0) is 20.8 Å². The van der Waals surface area contributed by atoms with Gasteiger partial charge in [-0.05, 0) is 36.0 Å². The van der Waals surface area contributed by atoms with Gasteiger partial charge in [-0.25, -0.2) is 0 Å². The molecule has 2 nitrogen and oxygen atoms in total. The Morgan fingerprint density at radius 2 is 1.78 bits per heavy atom. The fourth-order valence-corrected chi connectivity index (χ4v) is 4.47. The van der Waals surface area contributed by atoms with Crippen LogP contribution >= 0.6 is 11.8 Å². The first-order valence-corrected chi connectivity index (χ1v) is 9.44. The average molecular weight is 326 g/mol. The Labute approximate surface area is 142 Å². The lowest BCUT2D eigenvalue weighted by molar-refractivity contribution is 0.0727. The molecule has 0 amide bonds. The van der Waals surface area contributed by atoms with Crippen molar-refractivity contribution in [3.05, 3.63) is 71.3 Å². The molecular formula is C20H22O2S. The van der Waals surface area contributed by atoms with Crippen molar-refractivity contribution in [3.63, 3.8) is 0 Å². The zero-order valence-electron chi connectivity index (χ0n) is 13.2. The highest BCUT2D eigenvalue weighted by Crippen LogP contribution is 2.47. The van der Waals surface area contributed by atoms with Crippen LogP contribution in [0, 0.1) is 0 Å². The summed E-state index contributed by atoms with van der Waals surface area (Å²) in [6.45, 7) is 1.69. The summed E-state index contributed by atoms with van der Waals surface area (Å²) >= 11 is 1.93. The molecule has 3 heteroatoms. The maximum atomic E-state index is 5.96. The first kappa shape index (κ1) is 15.3. The van der Waals surface area contributed by atoms with Gasteiger partial charge >= 0.3 is 0 Å². The Hall–Kier alpha value is -1.29. The summed E-state index contributed by atoms with van der Waals surface area (Å²) in [5.74, 6) is 0.985. The SMILES string of the molecule is c1ccc(C2(c3ccccc3CSC3CCCCO3)CO2)cc1. The maximum Gasteiger partial charge on any atom is 0.142 e. The Balaban J connectivity index is 1.55. The largest absolute Gasteiger partial charge is 0.368 e. The fourth-order valence-electron chi connectivity index (χ4n) is 3.32. The molecule has 4 rings (SSSR count). The quantitative estimate of drug-likeness (QED) is 0.742. The van der Waals surface area contributed by atoms with Gasteiger partial charge in [-0.1, -0.05) is 54.6 Å². The molecule has 0 N–H and O–H groups in total. The second-order valence-electron chi connectivity index (χ2n) is 6.25. The van der Waals surface area contributed by atoms with Crippen molar-refractivity contribution in [2.24, 2.45) is 0 Å². The van der Waals surface area contributed by atoms with Crippen LogP contribution in [0.5, 0.6) is 0 Å². The molecule has 2 heterocycles.